The second-order valence-corrected chi connectivity index (χ2v) is 10.8. The maximum absolute atomic E-state index is 14.4. The minimum absolute atomic E-state index is 0.146. The number of aromatic nitrogens is 3. The highest BCUT2D eigenvalue weighted by atomic mass is 16.2. The summed E-state index contributed by atoms with van der Waals surface area (Å²) in [5.74, 6) is 0.413. The number of para-hydroxylation sites is 5. The fraction of sp³-hybridized carbons (Fsp3) is 0.182. The van der Waals surface area contributed by atoms with E-state index in [1.165, 1.54) is 4.90 Å². The van der Waals surface area contributed by atoms with E-state index < -0.39 is 0 Å². The SMILES string of the molecule is CC(C)c1cccc(C(C)C)c1N1C(=O)c2cccc(-n3c4ccccc4n4c5ccccc5nc34)c2C1=O. The van der Waals surface area contributed by atoms with E-state index in [0.29, 0.717) is 28.3 Å². The van der Waals surface area contributed by atoms with Crippen molar-refractivity contribution in [2.24, 2.45) is 0 Å². The number of hydrogen-bond acceptors (Lipinski definition) is 3. The summed E-state index contributed by atoms with van der Waals surface area (Å²) in [5.41, 5.74) is 7.95. The number of imidazole rings is 2. The Hall–Kier alpha value is -4.71. The molecule has 0 radical (unpaired) electrons. The van der Waals surface area contributed by atoms with E-state index >= 15 is 0 Å². The molecular weight excluding hydrogens is 484 g/mol. The minimum Gasteiger partial charge on any atom is -0.277 e. The molecule has 0 N–H and O–H groups in total. The number of hydrogen-bond donors (Lipinski definition) is 0. The minimum atomic E-state index is -0.298. The highest BCUT2D eigenvalue weighted by Gasteiger charge is 2.41. The molecule has 192 valence electrons. The van der Waals surface area contributed by atoms with Gasteiger partial charge in [-0.25, -0.2) is 9.88 Å². The van der Waals surface area contributed by atoms with Gasteiger partial charge < -0.3 is 0 Å². The lowest BCUT2D eigenvalue weighted by Crippen LogP contribution is -2.32. The van der Waals surface area contributed by atoms with Crippen LogP contribution >= 0.6 is 0 Å². The average molecular weight is 513 g/mol. The number of anilines is 1. The third-order valence-electron chi connectivity index (χ3n) is 7.81. The maximum Gasteiger partial charge on any atom is 0.268 e. The molecule has 4 aromatic carbocycles. The van der Waals surface area contributed by atoms with Gasteiger partial charge in [0.05, 0.1) is 44.6 Å². The van der Waals surface area contributed by atoms with E-state index in [1.54, 1.807) is 6.07 Å². The van der Waals surface area contributed by atoms with Crippen LogP contribution in [0.3, 0.4) is 0 Å². The molecule has 0 saturated heterocycles. The normalized spacial score (nSPS) is 13.6. The Bertz CT molecular complexity index is 1950. The van der Waals surface area contributed by atoms with Crippen molar-refractivity contribution in [3.05, 3.63) is 107 Å². The molecule has 6 heteroatoms. The number of benzene rings is 4. The number of nitrogens with zero attached hydrogens (tertiary/aromatic N) is 4. The molecule has 1 aliphatic rings. The van der Waals surface area contributed by atoms with Crippen molar-refractivity contribution < 1.29 is 9.59 Å². The number of imide groups is 1. The zero-order chi connectivity index (χ0) is 27.0. The van der Waals surface area contributed by atoms with Crippen LogP contribution in [0.5, 0.6) is 0 Å². The van der Waals surface area contributed by atoms with Gasteiger partial charge in [0, 0.05) is 0 Å². The lowest BCUT2D eigenvalue weighted by atomic mass is 9.92. The van der Waals surface area contributed by atoms with Crippen LogP contribution in [0.15, 0.2) is 84.9 Å². The molecule has 2 aromatic heterocycles. The van der Waals surface area contributed by atoms with Crippen LogP contribution in [0.2, 0.25) is 0 Å². The van der Waals surface area contributed by atoms with Gasteiger partial charge >= 0.3 is 0 Å². The van der Waals surface area contributed by atoms with Gasteiger partial charge in [0.15, 0.2) is 0 Å². The van der Waals surface area contributed by atoms with Crippen LogP contribution in [0, 0.1) is 0 Å². The molecule has 7 rings (SSSR count). The smallest absolute Gasteiger partial charge is 0.268 e. The molecule has 3 heterocycles. The first-order chi connectivity index (χ1) is 18.9. The Balaban J connectivity index is 1.52. The largest absolute Gasteiger partial charge is 0.277 e. The molecule has 0 atom stereocenters. The molecule has 0 unspecified atom stereocenters. The first kappa shape index (κ1) is 23.4. The molecule has 0 fully saturated rings. The van der Waals surface area contributed by atoms with Crippen molar-refractivity contribution in [2.45, 2.75) is 39.5 Å². The summed E-state index contributed by atoms with van der Waals surface area (Å²) < 4.78 is 4.13. The van der Waals surface area contributed by atoms with Gasteiger partial charge in [0.1, 0.15) is 0 Å². The summed E-state index contributed by atoms with van der Waals surface area (Å²) in [7, 11) is 0. The predicted molar refractivity (Wildman–Crippen MR) is 155 cm³/mol. The number of carbonyl (C=O) groups excluding carboxylic acids is 2. The van der Waals surface area contributed by atoms with Crippen molar-refractivity contribution >= 4 is 45.3 Å². The van der Waals surface area contributed by atoms with Crippen molar-refractivity contribution in [3.8, 4) is 5.69 Å². The quantitative estimate of drug-likeness (QED) is 0.230. The van der Waals surface area contributed by atoms with E-state index in [2.05, 4.69) is 38.2 Å². The Morgan fingerprint density at radius 2 is 1.26 bits per heavy atom. The molecule has 0 saturated carbocycles. The summed E-state index contributed by atoms with van der Waals surface area (Å²) in [6, 6.07) is 27.7. The zero-order valence-electron chi connectivity index (χ0n) is 22.3. The highest BCUT2D eigenvalue weighted by Crippen LogP contribution is 2.41. The molecule has 39 heavy (non-hydrogen) atoms. The highest BCUT2D eigenvalue weighted by molar-refractivity contribution is 6.36. The second-order valence-electron chi connectivity index (χ2n) is 10.8. The maximum atomic E-state index is 14.4. The summed E-state index contributed by atoms with van der Waals surface area (Å²) in [4.78, 5) is 34.8. The number of fused-ring (bicyclic) bond motifs is 6. The van der Waals surface area contributed by atoms with E-state index in [9.17, 15) is 9.59 Å². The summed E-state index contributed by atoms with van der Waals surface area (Å²) in [6.07, 6.45) is 0. The van der Waals surface area contributed by atoms with Gasteiger partial charge in [-0.1, -0.05) is 76.2 Å². The van der Waals surface area contributed by atoms with Gasteiger partial charge in [0.25, 0.3) is 11.8 Å². The standard InChI is InChI=1S/C33H28N4O2/c1-19(2)21-11-9-12-22(20(3)4)30(21)37-31(38)23-13-10-18-28(29(23)32(37)39)36-27-17-8-7-16-26(27)35-25-15-6-5-14-24(25)34-33(35)36/h5-20H,1-4H3. The number of amides is 2. The average Bonchev–Trinajstić information content (AvgIpc) is 3.55. The topological polar surface area (TPSA) is 59.6 Å². The molecule has 0 bridgehead atoms. The van der Waals surface area contributed by atoms with Crippen LogP contribution in [0.1, 0.15) is 71.4 Å². The Morgan fingerprint density at radius 1 is 0.641 bits per heavy atom. The monoisotopic (exact) mass is 512 g/mol. The first-order valence-electron chi connectivity index (χ1n) is 13.4. The summed E-state index contributed by atoms with van der Waals surface area (Å²) in [5, 5.41) is 0. The van der Waals surface area contributed by atoms with E-state index in [4.69, 9.17) is 4.98 Å². The fourth-order valence-electron chi connectivity index (χ4n) is 6.02. The van der Waals surface area contributed by atoms with Gasteiger partial charge in [-0.05, 0) is 59.4 Å². The van der Waals surface area contributed by atoms with E-state index in [0.717, 1.165) is 33.2 Å². The fourth-order valence-corrected chi connectivity index (χ4v) is 6.02. The molecule has 6 aromatic rings. The lowest BCUT2D eigenvalue weighted by molar-refractivity contribution is 0.0925. The van der Waals surface area contributed by atoms with Crippen molar-refractivity contribution in [2.75, 3.05) is 4.90 Å². The third-order valence-corrected chi connectivity index (χ3v) is 7.81. The van der Waals surface area contributed by atoms with Crippen molar-refractivity contribution in [3.63, 3.8) is 0 Å². The molecular formula is C33H28N4O2. The van der Waals surface area contributed by atoms with Crippen LogP contribution in [0.4, 0.5) is 5.69 Å². The number of carbonyl (C=O) groups is 2. The predicted octanol–water partition coefficient (Wildman–Crippen LogP) is 7.48. The van der Waals surface area contributed by atoms with Crippen molar-refractivity contribution in [1.82, 2.24) is 14.0 Å². The summed E-state index contributed by atoms with van der Waals surface area (Å²) in [6.45, 7) is 8.38. The van der Waals surface area contributed by atoms with Gasteiger partial charge in [-0.2, -0.15) is 0 Å². The van der Waals surface area contributed by atoms with Gasteiger partial charge in [-0.15, -0.1) is 0 Å². The summed E-state index contributed by atoms with van der Waals surface area (Å²) >= 11 is 0. The Kier molecular flexibility index (Phi) is 5.04. The van der Waals surface area contributed by atoms with Crippen LogP contribution in [-0.4, -0.2) is 25.8 Å². The Labute approximate surface area is 226 Å². The van der Waals surface area contributed by atoms with Crippen LogP contribution in [-0.2, 0) is 0 Å². The van der Waals surface area contributed by atoms with E-state index in [1.807, 2.05) is 77.4 Å². The lowest BCUT2D eigenvalue weighted by Gasteiger charge is -2.25. The second kappa shape index (κ2) is 8.40. The molecule has 2 amide bonds. The molecule has 6 nitrogen and oxygen atoms in total. The van der Waals surface area contributed by atoms with Gasteiger partial charge in [-0.3, -0.25) is 18.6 Å². The Morgan fingerprint density at radius 3 is 1.95 bits per heavy atom. The van der Waals surface area contributed by atoms with Crippen LogP contribution in [0.25, 0.3) is 33.5 Å². The zero-order valence-corrected chi connectivity index (χ0v) is 22.3. The molecule has 0 aliphatic carbocycles. The molecule has 0 spiro atoms. The first-order valence-corrected chi connectivity index (χ1v) is 13.4. The van der Waals surface area contributed by atoms with Crippen LogP contribution < -0.4 is 4.90 Å². The van der Waals surface area contributed by atoms with Crippen molar-refractivity contribution in [1.29, 1.82) is 0 Å². The van der Waals surface area contributed by atoms with E-state index in [-0.39, 0.29) is 23.7 Å². The van der Waals surface area contributed by atoms with Gasteiger partial charge in [0.2, 0.25) is 5.78 Å². The molecule has 1 aliphatic heterocycles. The third kappa shape index (κ3) is 3.18. The number of rotatable bonds is 4.